The molecule has 0 spiro atoms. The molecule has 0 unspecified atom stereocenters. The quantitative estimate of drug-likeness (QED) is 0.690. The minimum absolute atomic E-state index is 0.256. The van der Waals surface area contributed by atoms with E-state index >= 15 is 0 Å². The van der Waals surface area contributed by atoms with Gasteiger partial charge in [0.1, 0.15) is 36.6 Å². The summed E-state index contributed by atoms with van der Waals surface area (Å²) in [6, 6.07) is -0.602. The Morgan fingerprint density at radius 2 is 1.08 bits per heavy atom. The molecule has 0 bridgehead atoms. The lowest BCUT2D eigenvalue weighted by molar-refractivity contribution is -0.161. The van der Waals surface area contributed by atoms with E-state index in [0.717, 1.165) is 0 Å². The molecule has 8 atom stereocenters. The molecule has 2 aliphatic heterocycles. The van der Waals surface area contributed by atoms with Gasteiger partial charge in [-0.15, -0.1) is 0 Å². The van der Waals surface area contributed by atoms with Gasteiger partial charge in [-0.3, -0.25) is 4.90 Å². The van der Waals surface area contributed by atoms with Gasteiger partial charge in [0.25, 0.3) is 0 Å². The van der Waals surface area contributed by atoms with Crippen LogP contribution in [-0.4, -0.2) is 82.4 Å². The number of ether oxygens (including phenoxy) is 4. The van der Waals surface area contributed by atoms with E-state index in [0.29, 0.717) is 0 Å². The molecule has 2 saturated heterocycles. The lowest BCUT2D eigenvalue weighted by Gasteiger charge is -2.43. The van der Waals surface area contributed by atoms with Gasteiger partial charge in [-0.05, 0) is 34.7 Å². The van der Waals surface area contributed by atoms with Gasteiger partial charge in [-0.25, -0.2) is 0 Å². The maximum Gasteiger partial charge on any atom is 0.164 e. The minimum Gasteiger partial charge on any atom is -0.388 e. The fourth-order valence-corrected chi connectivity index (χ4v) is 4.48. The summed E-state index contributed by atoms with van der Waals surface area (Å²) in [7, 11) is 1.89. The van der Waals surface area contributed by atoms with Crippen molar-refractivity contribution in [3.8, 4) is 0 Å². The summed E-state index contributed by atoms with van der Waals surface area (Å²) in [5, 5.41) is 21.7. The third-order valence-corrected chi connectivity index (χ3v) is 5.64. The minimum atomic E-state index is -0.757. The predicted octanol–water partition coefficient (Wildman–Crippen LogP) is 0.557. The van der Waals surface area contributed by atoms with E-state index in [2.05, 4.69) is 0 Å². The molecular weight excluding hydrogens is 338 g/mol. The van der Waals surface area contributed by atoms with Crippen molar-refractivity contribution in [1.82, 2.24) is 4.90 Å². The largest absolute Gasteiger partial charge is 0.388 e. The van der Waals surface area contributed by atoms with Gasteiger partial charge in [0.05, 0.1) is 12.1 Å². The van der Waals surface area contributed by atoms with Crippen LogP contribution in [-0.2, 0) is 18.9 Å². The molecule has 4 aliphatic rings. The smallest absolute Gasteiger partial charge is 0.164 e. The van der Waals surface area contributed by atoms with Crippen molar-refractivity contribution < 1.29 is 29.2 Å². The van der Waals surface area contributed by atoms with Crippen LogP contribution in [0.2, 0.25) is 0 Å². The summed E-state index contributed by atoms with van der Waals surface area (Å²) in [6.45, 7) is 7.38. The first-order valence-electron chi connectivity index (χ1n) is 9.24. The SMILES string of the molecule is CN([C@H]1C=C[C@H]2OC(C)(C)O[C@H]2[C@@H]1O)[C@H]1C=C[C@H]2OC(C)(C)O[C@H]2[C@@H]1O. The highest BCUT2D eigenvalue weighted by Crippen LogP contribution is 2.38. The van der Waals surface area contributed by atoms with E-state index in [4.69, 9.17) is 18.9 Å². The third kappa shape index (κ3) is 3.05. The standard InChI is InChI=1S/C19H29NO6/c1-18(2)23-12-8-6-10(14(21)16(12)25-18)20(5)11-7-9-13-17(15(11)22)26-19(3,4)24-13/h6-17,21-22H,1-5H3/t10-,11-,12+,13+,14+,15+,16+,17+/m0/s1. The Kier molecular flexibility index (Phi) is 4.36. The topological polar surface area (TPSA) is 80.6 Å². The Hall–Kier alpha value is -0.800. The molecule has 7 heteroatoms. The van der Waals surface area contributed by atoms with Crippen LogP contribution in [0.4, 0.5) is 0 Å². The number of aliphatic hydroxyl groups excluding tert-OH is 2. The van der Waals surface area contributed by atoms with Crippen molar-refractivity contribution in [1.29, 1.82) is 0 Å². The highest BCUT2D eigenvalue weighted by Gasteiger charge is 2.52. The number of hydrogen-bond donors (Lipinski definition) is 2. The van der Waals surface area contributed by atoms with Crippen LogP contribution in [0, 0.1) is 0 Å². The van der Waals surface area contributed by atoms with Gasteiger partial charge in [-0.1, -0.05) is 24.3 Å². The van der Waals surface area contributed by atoms with Crippen molar-refractivity contribution in [3.05, 3.63) is 24.3 Å². The van der Waals surface area contributed by atoms with Crippen LogP contribution in [0.25, 0.3) is 0 Å². The van der Waals surface area contributed by atoms with Gasteiger partial charge in [0.2, 0.25) is 0 Å². The molecule has 0 radical (unpaired) electrons. The van der Waals surface area contributed by atoms with E-state index in [1.165, 1.54) is 0 Å². The summed E-state index contributed by atoms with van der Waals surface area (Å²) in [5.74, 6) is -1.43. The maximum absolute atomic E-state index is 10.9. The van der Waals surface area contributed by atoms with E-state index in [-0.39, 0.29) is 24.3 Å². The first-order valence-corrected chi connectivity index (χ1v) is 9.24. The highest BCUT2D eigenvalue weighted by molar-refractivity contribution is 5.19. The predicted molar refractivity (Wildman–Crippen MR) is 93.3 cm³/mol. The van der Waals surface area contributed by atoms with Gasteiger partial charge in [-0.2, -0.15) is 0 Å². The zero-order valence-corrected chi connectivity index (χ0v) is 15.9. The average molecular weight is 367 g/mol. The Labute approximate surface area is 154 Å². The molecular formula is C19H29NO6. The number of aliphatic hydroxyl groups is 2. The normalized spacial score (nSPS) is 48.6. The maximum atomic E-state index is 10.9. The average Bonchev–Trinajstić information content (AvgIpc) is 3.02. The molecule has 7 nitrogen and oxygen atoms in total. The van der Waals surface area contributed by atoms with Gasteiger partial charge in [0.15, 0.2) is 11.6 Å². The lowest BCUT2D eigenvalue weighted by Crippen LogP contribution is -2.59. The molecule has 0 aromatic carbocycles. The fourth-order valence-electron chi connectivity index (χ4n) is 4.48. The summed E-state index contributed by atoms with van der Waals surface area (Å²) in [4.78, 5) is 1.96. The van der Waals surface area contributed by atoms with E-state index < -0.39 is 36.0 Å². The van der Waals surface area contributed by atoms with Crippen molar-refractivity contribution >= 4 is 0 Å². The van der Waals surface area contributed by atoms with Crippen molar-refractivity contribution in [2.24, 2.45) is 0 Å². The molecule has 26 heavy (non-hydrogen) atoms. The second-order valence-electron chi connectivity index (χ2n) is 8.53. The monoisotopic (exact) mass is 367 g/mol. The Bertz CT molecular complexity index is 565. The van der Waals surface area contributed by atoms with Gasteiger partial charge >= 0.3 is 0 Å². The van der Waals surface area contributed by atoms with Crippen LogP contribution >= 0.6 is 0 Å². The number of likely N-dealkylation sites (N-methyl/N-ethyl adjacent to an activating group) is 1. The molecule has 0 amide bonds. The Morgan fingerprint density at radius 1 is 0.692 bits per heavy atom. The Morgan fingerprint density at radius 3 is 1.46 bits per heavy atom. The Balaban J connectivity index is 1.51. The second kappa shape index (κ2) is 6.10. The molecule has 2 N–H and O–H groups in total. The van der Waals surface area contributed by atoms with Gasteiger partial charge < -0.3 is 29.2 Å². The van der Waals surface area contributed by atoms with Crippen molar-refractivity contribution in [2.45, 2.75) is 88.0 Å². The summed E-state index contributed by atoms with van der Waals surface area (Å²) in [5.41, 5.74) is 0. The zero-order valence-electron chi connectivity index (χ0n) is 15.9. The van der Waals surface area contributed by atoms with Crippen molar-refractivity contribution in [2.75, 3.05) is 7.05 Å². The molecule has 0 aromatic rings. The van der Waals surface area contributed by atoms with Crippen LogP contribution in [0.1, 0.15) is 27.7 Å². The van der Waals surface area contributed by atoms with Crippen LogP contribution < -0.4 is 0 Å². The number of fused-ring (bicyclic) bond motifs is 2. The summed E-state index contributed by atoms with van der Waals surface area (Å²) >= 11 is 0. The second-order valence-corrected chi connectivity index (χ2v) is 8.53. The third-order valence-electron chi connectivity index (χ3n) is 5.64. The van der Waals surface area contributed by atoms with Crippen LogP contribution in [0.15, 0.2) is 24.3 Å². The lowest BCUT2D eigenvalue weighted by atomic mass is 9.88. The molecule has 2 fully saturated rings. The summed E-state index contributed by atoms with van der Waals surface area (Å²) in [6.07, 6.45) is 4.86. The first-order chi connectivity index (χ1) is 12.1. The fraction of sp³-hybridized carbons (Fsp3) is 0.789. The van der Waals surface area contributed by atoms with Crippen molar-refractivity contribution in [3.63, 3.8) is 0 Å². The van der Waals surface area contributed by atoms with Crippen LogP contribution in [0.5, 0.6) is 0 Å². The van der Waals surface area contributed by atoms with Crippen LogP contribution in [0.3, 0.4) is 0 Å². The summed E-state index contributed by atoms with van der Waals surface area (Å²) < 4.78 is 23.4. The van der Waals surface area contributed by atoms with E-state index in [1.807, 2.05) is 63.9 Å². The van der Waals surface area contributed by atoms with E-state index in [1.54, 1.807) is 0 Å². The van der Waals surface area contributed by atoms with E-state index in [9.17, 15) is 10.2 Å². The zero-order chi connectivity index (χ0) is 18.9. The molecule has 2 aliphatic carbocycles. The molecule has 4 rings (SSSR count). The molecule has 2 heterocycles. The molecule has 0 saturated carbocycles. The number of nitrogens with zero attached hydrogens (tertiary/aromatic N) is 1. The number of hydrogen-bond acceptors (Lipinski definition) is 7. The molecule has 146 valence electrons. The molecule has 0 aromatic heterocycles. The first kappa shape index (κ1) is 18.6. The highest BCUT2D eigenvalue weighted by atomic mass is 16.8. The number of rotatable bonds is 2. The van der Waals surface area contributed by atoms with Gasteiger partial charge in [0, 0.05) is 0 Å².